The number of hydrogen-bond donors (Lipinski definition) is 0. The molecule has 1 aromatic heterocycles. The average molecular weight is 301 g/mol. The molecule has 1 atom stereocenters. The van der Waals surface area contributed by atoms with E-state index in [2.05, 4.69) is 21.1 Å². The number of likely N-dealkylation sites (tertiary alicyclic amines) is 1. The molecule has 0 N–H and O–H groups in total. The van der Waals surface area contributed by atoms with Gasteiger partial charge in [-0.2, -0.15) is 4.98 Å². The third kappa shape index (κ3) is 2.43. The normalized spacial score (nSPS) is 21.2. The molecule has 2 aliphatic heterocycles. The molecular weight excluding hydrogens is 282 g/mol. The second-order valence-electron chi connectivity index (χ2n) is 5.74. The van der Waals surface area contributed by atoms with Crippen LogP contribution in [0.2, 0.25) is 0 Å². The van der Waals surface area contributed by atoms with Gasteiger partial charge < -0.3 is 14.0 Å². The molecule has 6 nitrogen and oxygen atoms in total. The average Bonchev–Trinajstić information content (AvgIpc) is 3.16. The van der Waals surface area contributed by atoms with Gasteiger partial charge in [0.15, 0.2) is 17.3 Å². The number of rotatable bonds is 3. The van der Waals surface area contributed by atoms with Crippen molar-refractivity contribution in [2.24, 2.45) is 0 Å². The van der Waals surface area contributed by atoms with Gasteiger partial charge in [0.2, 0.25) is 5.89 Å². The van der Waals surface area contributed by atoms with Crippen LogP contribution in [0.4, 0.5) is 0 Å². The standard InChI is InChI=1S/C16H19N3O3/c1-11-17-16(18-22-11)13-5-3-7-19(13)10-12-4-2-6-14-15(12)21-9-8-20-14/h2,4,6,13H,3,5,7-10H2,1H3/t13-/m0/s1. The Hall–Kier alpha value is -2.08. The summed E-state index contributed by atoms with van der Waals surface area (Å²) in [5.41, 5.74) is 1.16. The smallest absolute Gasteiger partial charge is 0.223 e. The lowest BCUT2D eigenvalue weighted by molar-refractivity contribution is 0.165. The molecule has 6 heteroatoms. The third-order valence-electron chi connectivity index (χ3n) is 4.23. The third-order valence-corrected chi connectivity index (χ3v) is 4.23. The lowest BCUT2D eigenvalue weighted by Gasteiger charge is -2.25. The molecule has 1 aromatic carbocycles. The first-order valence-electron chi connectivity index (χ1n) is 7.73. The molecule has 0 amide bonds. The zero-order valence-corrected chi connectivity index (χ0v) is 12.6. The molecule has 0 unspecified atom stereocenters. The maximum atomic E-state index is 5.81. The van der Waals surface area contributed by atoms with Crippen LogP contribution in [0.5, 0.6) is 11.5 Å². The van der Waals surface area contributed by atoms with Gasteiger partial charge >= 0.3 is 0 Å². The van der Waals surface area contributed by atoms with Crippen molar-refractivity contribution in [2.45, 2.75) is 32.4 Å². The molecule has 4 rings (SSSR count). The predicted octanol–water partition coefficient (Wildman–Crippen LogP) is 2.49. The van der Waals surface area contributed by atoms with Gasteiger partial charge in [0, 0.05) is 19.0 Å². The van der Waals surface area contributed by atoms with Crippen LogP contribution in [0.3, 0.4) is 0 Å². The van der Waals surface area contributed by atoms with E-state index in [9.17, 15) is 0 Å². The summed E-state index contributed by atoms with van der Waals surface area (Å²) in [6.07, 6.45) is 2.20. The van der Waals surface area contributed by atoms with Crippen molar-refractivity contribution in [3.8, 4) is 11.5 Å². The van der Waals surface area contributed by atoms with Crippen molar-refractivity contribution in [3.63, 3.8) is 0 Å². The van der Waals surface area contributed by atoms with E-state index < -0.39 is 0 Å². The van der Waals surface area contributed by atoms with E-state index >= 15 is 0 Å². The van der Waals surface area contributed by atoms with Gasteiger partial charge in [-0.1, -0.05) is 17.3 Å². The Morgan fingerprint density at radius 2 is 2.18 bits per heavy atom. The number of aryl methyl sites for hydroxylation is 1. The highest BCUT2D eigenvalue weighted by molar-refractivity contribution is 5.47. The lowest BCUT2D eigenvalue weighted by atomic mass is 10.1. The van der Waals surface area contributed by atoms with E-state index in [1.54, 1.807) is 0 Å². The van der Waals surface area contributed by atoms with Crippen LogP contribution in [-0.2, 0) is 6.54 Å². The molecule has 0 bridgehead atoms. The lowest BCUT2D eigenvalue weighted by Crippen LogP contribution is -2.25. The Labute approximate surface area is 129 Å². The van der Waals surface area contributed by atoms with Gasteiger partial charge in [0.05, 0.1) is 6.04 Å². The van der Waals surface area contributed by atoms with Crippen LogP contribution in [0.15, 0.2) is 22.7 Å². The van der Waals surface area contributed by atoms with Gasteiger partial charge in [-0.25, -0.2) is 0 Å². The molecule has 2 aliphatic rings. The molecule has 3 heterocycles. The summed E-state index contributed by atoms with van der Waals surface area (Å²) in [5.74, 6) is 3.13. The summed E-state index contributed by atoms with van der Waals surface area (Å²) in [7, 11) is 0. The highest BCUT2D eigenvalue weighted by atomic mass is 16.6. The van der Waals surface area contributed by atoms with Crippen LogP contribution in [0, 0.1) is 6.92 Å². The Bertz CT molecular complexity index is 670. The minimum atomic E-state index is 0.220. The van der Waals surface area contributed by atoms with Gasteiger partial charge in [-0.15, -0.1) is 0 Å². The minimum Gasteiger partial charge on any atom is -0.486 e. The van der Waals surface area contributed by atoms with Crippen LogP contribution in [0.25, 0.3) is 0 Å². The Kier molecular flexibility index (Phi) is 3.46. The Morgan fingerprint density at radius 3 is 3.05 bits per heavy atom. The summed E-state index contributed by atoms with van der Waals surface area (Å²) < 4.78 is 16.6. The summed E-state index contributed by atoms with van der Waals surface area (Å²) in [6.45, 7) is 4.89. The summed E-state index contributed by atoms with van der Waals surface area (Å²) >= 11 is 0. The first-order valence-corrected chi connectivity index (χ1v) is 7.73. The molecular formula is C16H19N3O3. The van der Waals surface area contributed by atoms with Crippen LogP contribution in [-0.4, -0.2) is 34.8 Å². The van der Waals surface area contributed by atoms with E-state index in [0.717, 1.165) is 48.8 Å². The van der Waals surface area contributed by atoms with Crippen molar-refractivity contribution in [1.29, 1.82) is 0 Å². The van der Waals surface area contributed by atoms with E-state index in [1.807, 2.05) is 19.1 Å². The van der Waals surface area contributed by atoms with E-state index in [1.165, 1.54) is 0 Å². The molecule has 2 aromatic rings. The van der Waals surface area contributed by atoms with Gasteiger partial charge in [0.1, 0.15) is 13.2 Å². The SMILES string of the molecule is Cc1nc([C@@H]2CCCN2Cc2cccc3c2OCCO3)no1. The monoisotopic (exact) mass is 301 g/mol. The maximum absolute atomic E-state index is 5.81. The van der Waals surface area contributed by atoms with Crippen molar-refractivity contribution in [1.82, 2.24) is 15.0 Å². The van der Waals surface area contributed by atoms with E-state index in [-0.39, 0.29) is 6.04 Å². The molecule has 0 radical (unpaired) electrons. The largest absolute Gasteiger partial charge is 0.486 e. The molecule has 22 heavy (non-hydrogen) atoms. The summed E-state index contributed by atoms with van der Waals surface area (Å²) in [5, 5.41) is 4.09. The van der Waals surface area contributed by atoms with E-state index in [4.69, 9.17) is 14.0 Å². The van der Waals surface area contributed by atoms with Crippen LogP contribution >= 0.6 is 0 Å². The highest BCUT2D eigenvalue weighted by Crippen LogP contribution is 2.37. The van der Waals surface area contributed by atoms with Crippen molar-refractivity contribution >= 4 is 0 Å². The van der Waals surface area contributed by atoms with Crippen LogP contribution < -0.4 is 9.47 Å². The number of fused-ring (bicyclic) bond motifs is 1. The fourth-order valence-electron chi connectivity index (χ4n) is 3.24. The first kappa shape index (κ1) is 13.6. The fraction of sp³-hybridized carbons (Fsp3) is 0.500. The Balaban J connectivity index is 1.58. The minimum absolute atomic E-state index is 0.220. The molecule has 0 spiro atoms. The maximum Gasteiger partial charge on any atom is 0.223 e. The second kappa shape index (κ2) is 5.61. The molecule has 0 saturated carbocycles. The predicted molar refractivity (Wildman–Crippen MR) is 78.9 cm³/mol. The fourth-order valence-corrected chi connectivity index (χ4v) is 3.24. The van der Waals surface area contributed by atoms with Gasteiger partial charge in [0.25, 0.3) is 0 Å². The molecule has 1 fully saturated rings. The number of aromatic nitrogens is 2. The molecule has 0 aliphatic carbocycles. The van der Waals surface area contributed by atoms with Crippen molar-refractivity contribution in [3.05, 3.63) is 35.5 Å². The van der Waals surface area contributed by atoms with Crippen molar-refractivity contribution < 1.29 is 14.0 Å². The van der Waals surface area contributed by atoms with Gasteiger partial charge in [-0.05, 0) is 25.5 Å². The second-order valence-corrected chi connectivity index (χ2v) is 5.74. The number of ether oxygens (including phenoxy) is 2. The zero-order valence-electron chi connectivity index (χ0n) is 12.6. The first-order chi connectivity index (χ1) is 10.8. The quantitative estimate of drug-likeness (QED) is 0.868. The van der Waals surface area contributed by atoms with Gasteiger partial charge in [-0.3, -0.25) is 4.90 Å². The van der Waals surface area contributed by atoms with E-state index in [0.29, 0.717) is 19.1 Å². The number of nitrogens with zero attached hydrogens (tertiary/aromatic N) is 3. The summed E-state index contributed by atoms with van der Waals surface area (Å²) in [6, 6.07) is 6.30. The highest BCUT2D eigenvalue weighted by Gasteiger charge is 2.30. The van der Waals surface area contributed by atoms with Crippen molar-refractivity contribution in [2.75, 3.05) is 19.8 Å². The molecule has 116 valence electrons. The molecule has 1 saturated heterocycles. The topological polar surface area (TPSA) is 60.6 Å². The number of para-hydroxylation sites is 1. The Morgan fingerprint density at radius 1 is 1.27 bits per heavy atom. The zero-order chi connectivity index (χ0) is 14.9. The number of benzene rings is 1. The number of hydrogen-bond acceptors (Lipinski definition) is 6. The summed E-state index contributed by atoms with van der Waals surface area (Å²) in [4.78, 5) is 6.78. The van der Waals surface area contributed by atoms with Crippen LogP contribution in [0.1, 0.15) is 36.2 Å².